The van der Waals surface area contributed by atoms with Crippen LogP contribution in [0.1, 0.15) is 11.1 Å². The van der Waals surface area contributed by atoms with E-state index in [9.17, 15) is 10.1 Å². The molecule has 0 radical (unpaired) electrons. The Morgan fingerprint density at radius 2 is 1.85 bits per heavy atom. The lowest BCUT2D eigenvalue weighted by atomic mass is 10.0. The van der Waals surface area contributed by atoms with Gasteiger partial charge in [0.2, 0.25) is 0 Å². The molecule has 1 fully saturated rings. The summed E-state index contributed by atoms with van der Waals surface area (Å²) >= 11 is 0. The second-order valence-corrected chi connectivity index (χ2v) is 7.78. The van der Waals surface area contributed by atoms with E-state index in [2.05, 4.69) is 37.6 Å². The van der Waals surface area contributed by atoms with E-state index in [4.69, 9.17) is 9.72 Å². The van der Waals surface area contributed by atoms with E-state index in [-0.39, 0.29) is 5.69 Å². The highest BCUT2D eigenvalue weighted by molar-refractivity contribution is 5.73. The Bertz CT molecular complexity index is 1170. The molecule has 0 spiro atoms. The number of morpholine rings is 1. The largest absolute Gasteiger partial charge is 0.378 e. The molecule has 1 aromatic carbocycles. The molecule has 0 unspecified atom stereocenters. The number of rotatable bonds is 6. The Hall–Kier alpha value is -4.05. The van der Waals surface area contributed by atoms with Gasteiger partial charge in [0.25, 0.3) is 5.69 Å². The third-order valence-corrected chi connectivity index (χ3v) is 5.63. The van der Waals surface area contributed by atoms with Crippen molar-refractivity contribution in [2.45, 2.75) is 13.0 Å². The molecule has 0 saturated carbocycles. The third kappa shape index (κ3) is 4.75. The van der Waals surface area contributed by atoms with E-state index in [0.717, 1.165) is 48.9 Å². The second-order valence-electron chi connectivity index (χ2n) is 7.78. The second kappa shape index (κ2) is 9.21. The van der Waals surface area contributed by atoms with Gasteiger partial charge >= 0.3 is 0 Å². The minimum absolute atomic E-state index is 0.0574. The van der Waals surface area contributed by atoms with Crippen molar-refractivity contribution in [1.82, 2.24) is 9.97 Å². The van der Waals surface area contributed by atoms with E-state index in [0.29, 0.717) is 24.6 Å². The lowest BCUT2D eigenvalue weighted by molar-refractivity contribution is -0.385. The summed E-state index contributed by atoms with van der Waals surface area (Å²) in [5, 5.41) is 17.4. The number of aromatic nitrogens is 2. The van der Waals surface area contributed by atoms with E-state index >= 15 is 0 Å². The molecule has 168 valence electrons. The van der Waals surface area contributed by atoms with Crippen LogP contribution in [0.2, 0.25) is 0 Å². The van der Waals surface area contributed by atoms with Crippen LogP contribution in [0.4, 0.5) is 34.5 Å². The highest BCUT2D eigenvalue weighted by Gasteiger charge is 2.16. The first kappa shape index (κ1) is 20.8. The molecule has 10 nitrogen and oxygen atoms in total. The Balaban J connectivity index is 1.38. The Morgan fingerprint density at radius 1 is 1.03 bits per heavy atom. The molecule has 33 heavy (non-hydrogen) atoms. The van der Waals surface area contributed by atoms with Crippen LogP contribution in [0.3, 0.4) is 0 Å². The molecular formula is C23H23N7O3. The van der Waals surface area contributed by atoms with E-state index < -0.39 is 4.92 Å². The van der Waals surface area contributed by atoms with Gasteiger partial charge < -0.3 is 20.3 Å². The van der Waals surface area contributed by atoms with Gasteiger partial charge in [-0.3, -0.25) is 15.1 Å². The van der Waals surface area contributed by atoms with Crippen molar-refractivity contribution in [2.24, 2.45) is 4.99 Å². The van der Waals surface area contributed by atoms with Crippen LogP contribution in [-0.2, 0) is 17.7 Å². The number of pyridine rings is 2. The zero-order valence-corrected chi connectivity index (χ0v) is 17.9. The van der Waals surface area contributed by atoms with Crippen LogP contribution < -0.4 is 15.5 Å². The summed E-state index contributed by atoms with van der Waals surface area (Å²) in [6, 6.07) is 13.2. The zero-order valence-electron chi connectivity index (χ0n) is 17.9. The van der Waals surface area contributed by atoms with Gasteiger partial charge in [0, 0.05) is 48.7 Å². The molecule has 0 amide bonds. The number of nitrogens with zero attached hydrogens (tertiary/aromatic N) is 5. The minimum atomic E-state index is -0.473. The predicted octanol–water partition coefficient (Wildman–Crippen LogP) is 3.84. The topological polar surface area (TPSA) is 118 Å². The van der Waals surface area contributed by atoms with Gasteiger partial charge in [-0.2, -0.15) is 0 Å². The SMILES string of the molecule is O=[N+]([O-])c1ccc(Nc2cc3c(c(Nc4ccc(N5CCOCC5)cc4)n2)CN=CC3)nc1. The molecule has 2 aromatic heterocycles. The average Bonchev–Trinajstić information content (AvgIpc) is 2.85. The van der Waals surface area contributed by atoms with Crippen molar-refractivity contribution < 1.29 is 9.66 Å². The lowest BCUT2D eigenvalue weighted by Gasteiger charge is -2.29. The average molecular weight is 445 g/mol. The molecule has 0 aliphatic carbocycles. The van der Waals surface area contributed by atoms with E-state index in [1.165, 1.54) is 18.0 Å². The lowest BCUT2D eigenvalue weighted by Crippen LogP contribution is -2.36. The van der Waals surface area contributed by atoms with Gasteiger partial charge in [-0.05, 0) is 42.0 Å². The predicted molar refractivity (Wildman–Crippen MR) is 127 cm³/mol. The van der Waals surface area contributed by atoms with E-state index in [1.807, 2.05) is 24.4 Å². The summed E-state index contributed by atoms with van der Waals surface area (Å²) < 4.78 is 5.43. The monoisotopic (exact) mass is 445 g/mol. The van der Waals surface area contributed by atoms with Gasteiger partial charge in [-0.1, -0.05) is 0 Å². The van der Waals surface area contributed by atoms with Crippen molar-refractivity contribution in [3.8, 4) is 0 Å². The molecule has 5 rings (SSSR count). The number of ether oxygens (including phenoxy) is 1. The smallest absolute Gasteiger partial charge is 0.287 e. The number of hydrogen-bond acceptors (Lipinski definition) is 9. The third-order valence-electron chi connectivity index (χ3n) is 5.63. The van der Waals surface area contributed by atoms with Gasteiger partial charge in [0.1, 0.15) is 23.7 Å². The fourth-order valence-electron chi connectivity index (χ4n) is 3.88. The van der Waals surface area contributed by atoms with E-state index in [1.54, 1.807) is 6.07 Å². The Morgan fingerprint density at radius 3 is 2.58 bits per heavy atom. The van der Waals surface area contributed by atoms with Gasteiger partial charge in [0.05, 0.1) is 24.7 Å². The van der Waals surface area contributed by atoms with Crippen molar-refractivity contribution in [1.29, 1.82) is 0 Å². The van der Waals surface area contributed by atoms with Crippen molar-refractivity contribution in [2.75, 3.05) is 41.8 Å². The normalized spacial score (nSPS) is 15.1. The highest BCUT2D eigenvalue weighted by Crippen LogP contribution is 2.30. The summed E-state index contributed by atoms with van der Waals surface area (Å²) in [6.45, 7) is 3.85. The van der Waals surface area contributed by atoms with Crippen molar-refractivity contribution >= 4 is 40.7 Å². The van der Waals surface area contributed by atoms with Crippen LogP contribution >= 0.6 is 0 Å². The maximum Gasteiger partial charge on any atom is 0.287 e. The molecule has 2 N–H and O–H groups in total. The fraction of sp³-hybridized carbons (Fsp3) is 0.261. The standard InChI is InChI=1S/C23H23N7O3/c31-30(32)19-5-6-21(25-14-19)27-22-13-16-7-8-24-15-20(16)23(28-22)26-17-1-3-18(4-2-17)29-9-11-33-12-10-29/h1-6,8,13-14H,7,9-12,15H2,(H2,25,26,27,28). The minimum Gasteiger partial charge on any atom is -0.378 e. The number of aliphatic imine (C=N–C) groups is 1. The number of nitro groups is 1. The maximum atomic E-state index is 10.9. The Kier molecular flexibility index (Phi) is 5.81. The Labute approximate surface area is 190 Å². The first-order chi connectivity index (χ1) is 16.2. The molecule has 1 saturated heterocycles. The molecule has 4 heterocycles. The number of nitrogens with one attached hydrogen (secondary N) is 2. The van der Waals surface area contributed by atoms with Crippen molar-refractivity contribution in [3.05, 3.63) is 69.9 Å². The quantitative estimate of drug-likeness (QED) is 0.434. The molecule has 2 aliphatic rings. The fourth-order valence-corrected chi connectivity index (χ4v) is 3.88. The number of fused-ring (bicyclic) bond motifs is 1. The number of anilines is 5. The summed E-state index contributed by atoms with van der Waals surface area (Å²) in [6.07, 6.45) is 3.84. The number of benzene rings is 1. The van der Waals surface area contributed by atoms with Crippen LogP contribution in [0, 0.1) is 10.1 Å². The molecular weight excluding hydrogens is 422 g/mol. The van der Waals surface area contributed by atoms with Crippen LogP contribution in [0.5, 0.6) is 0 Å². The first-order valence-electron chi connectivity index (χ1n) is 10.7. The summed E-state index contributed by atoms with van der Waals surface area (Å²) in [4.78, 5) is 26.0. The van der Waals surface area contributed by atoms with Crippen LogP contribution in [0.25, 0.3) is 0 Å². The molecule has 3 aromatic rings. The summed E-state index contributed by atoms with van der Waals surface area (Å²) in [5.74, 6) is 1.82. The summed E-state index contributed by atoms with van der Waals surface area (Å²) in [7, 11) is 0. The zero-order chi connectivity index (χ0) is 22.6. The molecule has 10 heteroatoms. The highest BCUT2D eigenvalue weighted by atomic mass is 16.6. The van der Waals surface area contributed by atoms with Gasteiger partial charge in [0.15, 0.2) is 0 Å². The first-order valence-corrected chi connectivity index (χ1v) is 10.7. The molecule has 0 bridgehead atoms. The number of hydrogen-bond donors (Lipinski definition) is 2. The molecule has 2 aliphatic heterocycles. The van der Waals surface area contributed by atoms with Crippen molar-refractivity contribution in [3.63, 3.8) is 0 Å². The van der Waals surface area contributed by atoms with Crippen LogP contribution in [0.15, 0.2) is 53.7 Å². The maximum absolute atomic E-state index is 10.9. The summed E-state index contributed by atoms with van der Waals surface area (Å²) in [5.41, 5.74) is 4.22. The van der Waals surface area contributed by atoms with Crippen LogP contribution in [-0.4, -0.2) is 47.4 Å². The molecule has 0 atom stereocenters. The van der Waals surface area contributed by atoms with Gasteiger partial charge in [-0.25, -0.2) is 9.97 Å². The van der Waals surface area contributed by atoms with Gasteiger partial charge in [-0.15, -0.1) is 0 Å².